The first kappa shape index (κ1) is 20.3. The number of aliphatic hydroxyl groups is 1. The predicted molar refractivity (Wildman–Crippen MR) is 113 cm³/mol. The first-order valence-corrected chi connectivity index (χ1v) is 10.8. The summed E-state index contributed by atoms with van der Waals surface area (Å²) in [6.45, 7) is 10.6. The Morgan fingerprint density at radius 2 is 2.17 bits per heavy atom. The lowest BCUT2D eigenvalue weighted by atomic mass is 10.1. The number of hydrogen-bond donors (Lipinski definition) is 1. The van der Waals surface area contributed by atoms with Gasteiger partial charge in [0.2, 0.25) is 0 Å². The van der Waals surface area contributed by atoms with Crippen molar-refractivity contribution in [2.45, 2.75) is 39.5 Å². The summed E-state index contributed by atoms with van der Waals surface area (Å²) >= 11 is 1.67. The van der Waals surface area contributed by atoms with Gasteiger partial charge in [0.25, 0.3) is 0 Å². The third-order valence-electron chi connectivity index (χ3n) is 5.27. The van der Waals surface area contributed by atoms with Crippen LogP contribution in [-0.2, 0) is 6.54 Å². The molecular formula is C21H28N4O3S. The number of nitrogens with zero attached hydrogens (tertiary/aromatic N) is 4. The van der Waals surface area contributed by atoms with Gasteiger partial charge in [-0.3, -0.25) is 9.80 Å². The molecule has 2 atom stereocenters. The fraction of sp³-hybridized carbons (Fsp3) is 0.524. The lowest BCUT2D eigenvalue weighted by molar-refractivity contribution is 0.0250. The number of aryl methyl sites for hydroxylation is 2. The van der Waals surface area contributed by atoms with E-state index in [0.717, 1.165) is 58.6 Å². The Hall–Kier alpha value is -2.00. The van der Waals surface area contributed by atoms with Crippen molar-refractivity contribution in [2.75, 3.05) is 32.8 Å². The molecule has 0 radical (unpaired) electrons. The first-order valence-electron chi connectivity index (χ1n) is 10.0. The van der Waals surface area contributed by atoms with Crippen molar-refractivity contribution in [2.24, 2.45) is 0 Å². The Morgan fingerprint density at radius 1 is 1.31 bits per heavy atom. The summed E-state index contributed by atoms with van der Waals surface area (Å²) in [5, 5.41) is 15.6. The molecule has 3 aromatic rings. The van der Waals surface area contributed by atoms with E-state index in [2.05, 4.69) is 26.9 Å². The molecule has 1 aliphatic heterocycles. The van der Waals surface area contributed by atoms with Crippen molar-refractivity contribution in [1.29, 1.82) is 0 Å². The lowest BCUT2D eigenvalue weighted by Crippen LogP contribution is -2.53. The number of aromatic nitrogens is 2. The van der Waals surface area contributed by atoms with Crippen LogP contribution in [0.25, 0.3) is 10.2 Å². The molecule has 8 heteroatoms. The van der Waals surface area contributed by atoms with Gasteiger partial charge in [0.15, 0.2) is 0 Å². The Kier molecular flexibility index (Phi) is 6.15. The molecule has 3 heterocycles. The molecule has 0 aliphatic carbocycles. The third kappa shape index (κ3) is 5.14. The van der Waals surface area contributed by atoms with E-state index < -0.39 is 6.10 Å². The SMILES string of the molecule is Cc1cc(CN2CCN(C[C@H](O)COc3ccc4sc(C)nc4c3)C[C@H]2C)no1. The number of aliphatic hydroxyl groups excluding tert-OH is 1. The van der Waals surface area contributed by atoms with Gasteiger partial charge in [-0.25, -0.2) is 4.98 Å². The maximum absolute atomic E-state index is 10.5. The monoisotopic (exact) mass is 416 g/mol. The van der Waals surface area contributed by atoms with Crippen LogP contribution in [0.2, 0.25) is 0 Å². The van der Waals surface area contributed by atoms with Gasteiger partial charge in [-0.05, 0) is 32.9 Å². The van der Waals surface area contributed by atoms with Gasteiger partial charge < -0.3 is 14.4 Å². The molecule has 0 unspecified atom stereocenters. The Balaban J connectivity index is 1.23. The fourth-order valence-electron chi connectivity index (χ4n) is 3.83. The van der Waals surface area contributed by atoms with E-state index >= 15 is 0 Å². The Labute approximate surface area is 174 Å². The standard InChI is InChI=1S/C21H28N4O3S/c1-14-10-24(6-7-25(14)11-17-8-15(2)28-23-17)12-18(26)13-27-19-4-5-21-20(9-19)22-16(3)29-21/h4-5,8-9,14,18,26H,6-7,10-13H2,1-3H3/t14-,18+/m1/s1. The number of rotatable bonds is 7. The van der Waals surface area contributed by atoms with Crippen LogP contribution in [0.4, 0.5) is 0 Å². The van der Waals surface area contributed by atoms with Crippen LogP contribution in [0, 0.1) is 13.8 Å². The molecule has 1 N–H and O–H groups in total. The Morgan fingerprint density at radius 3 is 2.93 bits per heavy atom. The van der Waals surface area contributed by atoms with Crippen LogP contribution in [0.15, 0.2) is 28.8 Å². The summed E-state index contributed by atoms with van der Waals surface area (Å²) in [6.07, 6.45) is -0.528. The molecule has 29 heavy (non-hydrogen) atoms. The van der Waals surface area contributed by atoms with Gasteiger partial charge in [0.05, 0.1) is 20.9 Å². The van der Waals surface area contributed by atoms with E-state index in [1.54, 1.807) is 11.3 Å². The molecule has 156 valence electrons. The minimum absolute atomic E-state index is 0.279. The van der Waals surface area contributed by atoms with Crippen LogP contribution in [0.1, 0.15) is 23.4 Å². The number of fused-ring (bicyclic) bond motifs is 1. The van der Waals surface area contributed by atoms with Gasteiger partial charge in [0, 0.05) is 50.9 Å². The molecule has 0 saturated carbocycles. The van der Waals surface area contributed by atoms with E-state index in [1.165, 1.54) is 0 Å². The molecule has 1 fully saturated rings. The fourth-order valence-corrected chi connectivity index (χ4v) is 4.63. The third-order valence-corrected chi connectivity index (χ3v) is 6.22. The molecule has 2 aromatic heterocycles. The largest absolute Gasteiger partial charge is 0.491 e. The highest BCUT2D eigenvalue weighted by atomic mass is 32.1. The molecule has 0 amide bonds. The van der Waals surface area contributed by atoms with Crippen molar-refractivity contribution >= 4 is 21.6 Å². The minimum Gasteiger partial charge on any atom is -0.491 e. The van der Waals surface area contributed by atoms with Crippen LogP contribution < -0.4 is 4.74 Å². The number of benzene rings is 1. The second-order valence-corrected chi connectivity index (χ2v) is 9.07. The van der Waals surface area contributed by atoms with Crippen molar-refractivity contribution in [3.63, 3.8) is 0 Å². The van der Waals surface area contributed by atoms with Gasteiger partial charge >= 0.3 is 0 Å². The van der Waals surface area contributed by atoms with E-state index in [1.807, 2.05) is 38.1 Å². The Bertz CT molecular complexity index is 956. The maximum atomic E-state index is 10.5. The number of thiazole rings is 1. The normalized spacial score (nSPS) is 19.7. The van der Waals surface area contributed by atoms with Crippen LogP contribution in [0.3, 0.4) is 0 Å². The summed E-state index contributed by atoms with van der Waals surface area (Å²) in [6, 6.07) is 8.30. The second-order valence-electron chi connectivity index (χ2n) is 7.84. The molecule has 4 rings (SSSR count). The van der Waals surface area contributed by atoms with Crippen LogP contribution >= 0.6 is 11.3 Å². The number of hydrogen-bond acceptors (Lipinski definition) is 8. The number of ether oxygens (including phenoxy) is 1. The van der Waals surface area contributed by atoms with Crippen molar-refractivity contribution < 1.29 is 14.4 Å². The molecular weight excluding hydrogens is 388 g/mol. The van der Waals surface area contributed by atoms with Gasteiger partial charge in [-0.2, -0.15) is 0 Å². The zero-order valence-corrected chi connectivity index (χ0v) is 18.0. The molecule has 7 nitrogen and oxygen atoms in total. The smallest absolute Gasteiger partial charge is 0.133 e. The predicted octanol–water partition coefficient (Wildman–Crippen LogP) is 2.85. The zero-order chi connectivity index (χ0) is 20.4. The summed E-state index contributed by atoms with van der Waals surface area (Å²) in [5.41, 5.74) is 1.93. The maximum Gasteiger partial charge on any atom is 0.133 e. The molecule has 0 spiro atoms. The van der Waals surface area contributed by atoms with E-state index in [9.17, 15) is 5.11 Å². The summed E-state index contributed by atoms with van der Waals surface area (Å²) < 4.78 is 12.1. The van der Waals surface area contributed by atoms with Crippen molar-refractivity contribution in [3.8, 4) is 5.75 Å². The van der Waals surface area contributed by atoms with E-state index in [4.69, 9.17) is 9.26 Å². The highest BCUT2D eigenvalue weighted by Crippen LogP contribution is 2.25. The summed E-state index contributed by atoms with van der Waals surface area (Å²) in [5.74, 6) is 1.60. The topological polar surface area (TPSA) is 74.9 Å². The molecule has 0 bridgehead atoms. The van der Waals surface area contributed by atoms with E-state index in [0.29, 0.717) is 12.6 Å². The highest BCUT2D eigenvalue weighted by molar-refractivity contribution is 7.18. The second kappa shape index (κ2) is 8.79. The molecule has 1 saturated heterocycles. The van der Waals surface area contributed by atoms with Crippen molar-refractivity contribution in [3.05, 3.63) is 40.7 Å². The summed E-state index contributed by atoms with van der Waals surface area (Å²) in [4.78, 5) is 9.20. The number of β-amino-alcohol motifs (C(OH)–C–C–N with tert-alkyl or cyclic N) is 1. The van der Waals surface area contributed by atoms with Crippen LogP contribution in [0.5, 0.6) is 5.75 Å². The zero-order valence-electron chi connectivity index (χ0n) is 17.2. The lowest BCUT2D eigenvalue weighted by Gasteiger charge is -2.40. The van der Waals surface area contributed by atoms with Gasteiger partial charge in [0.1, 0.15) is 24.2 Å². The van der Waals surface area contributed by atoms with Crippen LogP contribution in [-0.4, -0.2) is 70.0 Å². The quantitative estimate of drug-likeness (QED) is 0.635. The van der Waals surface area contributed by atoms with E-state index in [-0.39, 0.29) is 6.61 Å². The van der Waals surface area contributed by atoms with Gasteiger partial charge in [-0.1, -0.05) is 5.16 Å². The number of piperazine rings is 1. The molecule has 1 aliphatic rings. The first-order chi connectivity index (χ1) is 14.0. The summed E-state index contributed by atoms with van der Waals surface area (Å²) in [7, 11) is 0. The molecule has 1 aromatic carbocycles. The highest BCUT2D eigenvalue weighted by Gasteiger charge is 2.25. The average Bonchev–Trinajstić information content (AvgIpc) is 3.26. The van der Waals surface area contributed by atoms with Crippen molar-refractivity contribution in [1.82, 2.24) is 19.9 Å². The average molecular weight is 417 g/mol. The van der Waals surface area contributed by atoms with Gasteiger partial charge in [-0.15, -0.1) is 11.3 Å². The minimum atomic E-state index is -0.528.